The van der Waals surface area contributed by atoms with Crippen LogP contribution in [0.3, 0.4) is 0 Å². The Kier molecular flexibility index (Phi) is 6.72. The molecule has 0 aliphatic carbocycles. The average molecular weight is 463 g/mol. The number of hydrogen-bond acceptors (Lipinski definition) is 4. The predicted molar refractivity (Wildman–Crippen MR) is 124 cm³/mol. The van der Waals surface area contributed by atoms with E-state index in [-0.39, 0.29) is 23.5 Å². The second-order valence-corrected chi connectivity index (χ2v) is 7.33. The molecule has 0 spiro atoms. The van der Waals surface area contributed by atoms with Gasteiger partial charge in [0, 0.05) is 12.3 Å². The highest BCUT2D eigenvalue weighted by atomic mass is 19.1. The summed E-state index contributed by atoms with van der Waals surface area (Å²) >= 11 is 0. The number of anilines is 4. The number of benzene rings is 3. The van der Waals surface area contributed by atoms with Gasteiger partial charge in [-0.15, -0.1) is 0 Å². The quantitative estimate of drug-likeness (QED) is 0.345. The molecule has 1 atom stereocenters. The van der Waals surface area contributed by atoms with Crippen molar-refractivity contribution in [3.63, 3.8) is 0 Å². The molecule has 6 nitrogen and oxygen atoms in total. The Morgan fingerprint density at radius 1 is 0.853 bits per heavy atom. The van der Waals surface area contributed by atoms with Gasteiger partial charge in [-0.3, -0.25) is 0 Å². The molecule has 172 valence electrons. The first-order valence-corrected chi connectivity index (χ1v) is 10.4. The van der Waals surface area contributed by atoms with E-state index < -0.39 is 29.2 Å². The molecule has 2 N–H and O–H groups in total. The molecule has 1 unspecified atom stereocenters. The maximum absolute atomic E-state index is 14.7. The molecule has 4 aromatic rings. The molecule has 4 rings (SSSR count). The largest absolute Gasteiger partial charge is 0.348 e. The van der Waals surface area contributed by atoms with E-state index in [1.165, 1.54) is 36.5 Å². The third-order valence-electron chi connectivity index (χ3n) is 5.01. The molecule has 0 radical (unpaired) electrons. The van der Waals surface area contributed by atoms with Gasteiger partial charge < -0.3 is 10.6 Å². The first kappa shape index (κ1) is 22.8. The standard InChI is InChI=1S/C25H20F3N5O/c1-16(17-8-3-2-4-9-17)30-24-29-15-14-22(31-24)33(21-13-6-5-10-18(21)26)25(34)32-23-19(27)11-7-12-20(23)28/h2-16H,1H3,(H,32,34)(H,29,30,31). The van der Waals surface area contributed by atoms with Crippen molar-refractivity contribution < 1.29 is 18.0 Å². The van der Waals surface area contributed by atoms with Crippen LogP contribution in [-0.4, -0.2) is 16.0 Å². The van der Waals surface area contributed by atoms with E-state index in [2.05, 4.69) is 20.6 Å². The summed E-state index contributed by atoms with van der Waals surface area (Å²) in [5.74, 6) is -2.48. The highest BCUT2D eigenvalue weighted by molar-refractivity contribution is 6.06. The summed E-state index contributed by atoms with van der Waals surface area (Å²) in [4.78, 5) is 22.6. The zero-order valence-corrected chi connectivity index (χ0v) is 18.0. The van der Waals surface area contributed by atoms with E-state index >= 15 is 0 Å². The molecule has 0 aliphatic heterocycles. The van der Waals surface area contributed by atoms with E-state index in [1.54, 1.807) is 0 Å². The summed E-state index contributed by atoms with van der Waals surface area (Å²) in [5, 5.41) is 5.31. The summed E-state index contributed by atoms with van der Waals surface area (Å²) in [6, 6.07) is 18.5. The number of nitrogens with zero attached hydrogens (tertiary/aromatic N) is 3. The van der Waals surface area contributed by atoms with Gasteiger partial charge in [0.2, 0.25) is 5.95 Å². The third-order valence-corrected chi connectivity index (χ3v) is 5.01. The van der Waals surface area contributed by atoms with Crippen LogP contribution < -0.4 is 15.5 Å². The molecule has 0 fully saturated rings. The molecule has 3 aromatic carbocycles. The van der Waals surface area contributed by atoms with Gasteiger partial charge in [0.25, 0.3) is 0 Å². The van der Waals surface area contributed by atoms with Gasteiger partial charge in [-0.05, 0) is 36.8 Å². The van der Waals surface area contributed by atoms with Crippen molar-refractivity contribution in [2.45, 2.75) is 13.0 Å². The van der Waals surface area contributed by atoms with Crippen molar-refractivity contribution in [2.75, 3.05) is 15.5 Å². The normalized spacial score (nSPS) is 11.5. The number of rotatable bonds is 6. The SMILES string of the molecule is CC(Nc1nccc(N(C(=O)Nc2c(F)cccc2F)c2ccccc2F)n1)c1ccccc1. The highest BCUT2D eigenvalue weighted by Crippen LogP contribution is 2.29. The minimum absolute atomic E-state index is 0.00268. The zero-order chi connectivity index (χ0) is 24.1. The number of amides is 2. The number of carbonyl (C=O) groups excluding carboxylic acids is 1. The Labute approximate surface area is 194 Å². The van der Waals surface area contributed by atoms with Crippen LogP contribution in [0.5, 0.6) is 0 Å². The van der Waals surface area contributed by atoms with Crippen LogP contribution in [0.15, 0.2) is 85.1 Å². The van der Waals surface area contributed by atoms with Crippen LogP contribution in [0.2, 0.25) is 0 Å². The van der Waals surface area contributed by atoms with Gasteiger partial charge >= 0.3 is 6.03 Å². The van der Waals surface area contributed by atoms with Crippen molar-refractivity contribution in [3.8, 4) is 0 Å². The summed E-state index contributed by atoms with van der Waals surface area (Å²) in [6.07, 6.45) is 1.40. The Balaban J connectivity index is 1.69. The highest BCUT2D eigenvalue weighted by Gasteiger charge is 2.25. The smallest absolute Gasteiger partial charge is 0.332 e. The van der Waals surface area contributed by atoms with Crippen LogP contribution in [0.1, 0.15) is 18.5 Å². The number of halogens is 3. The Morgan fingerprint density at radius 3 is 2.21 bits per heavy atom. The zero-order valence-electron chi connectivity index (χ0n) is 18.0. The third kappa shape index (κ3) is 4.98. The number of nitrogens with one attached hydrogen (secondary N) is 2. The molecule has 9 heteroatoms. The van der Waals surface area contributed by atoms with Crippen molar-refractivity contribution >= 4 is 29.2 Å². The van der Waals surface area contributed by atoms with Crippen LogP contribution in [0, 0.1) is 17.5 Å². The van der Waals surface area contributed by atoms with Crippen molar-refractivity contribution in [1.29, 1.82) is 0 Å². The van der Waals surface area contributed by atoms with Gasteiger partial charge in [-0.1, -0.05) is 48.5 Å². The second kappa shape index (κ2) is 10.0. The number of para-hydroxylation sites is 2. The lowest BCUT2D eigenvalue weighted by Crippen LogP contribution is -2.33. The minimum atomic E-state index is -1.00. The van der Waals surface area contributed by atoms with E-state index in [4.69, 9.17) is 0 Å². The van der Waals surface area contributed by atoms with E-state index in [1.807, 2.05) is 37.3 Å². The van der Waals surface area contributed by atoms with Crippen LogP contribution in [-0.2, 0) is 0 Å². The number of urea groups is 1. The van der Waals surface area contributed by atoms with Crippen LogP contribution in [0.25, 0.3) is 0 Å². The van der Waals surface area contributed by atoms with Crippen molar-refractivity contribution in [1.82, 2.24) is 9.97 Å². The second-order valence-electron chi connectivity index (χ2n) is 7.33. The lowest BCUT2D eigenvalue weighted by molar-refractivity contribution is 0.258. The van der Waals surface area contributed by atoms with Crippen LogP contribution >= 0.6 is 0 Å². The molecule has 0 bridgehead atoms. The van der Waals surface area contributed by atoms with Gasteiger partial charge in [-0.2, -0.15) is 4.98 Å². The molecule has 0 saturated heterocycles. The van der Waals surface area contributed by atoms with Crippen LogP contribution in [0.4, 0.5) is 41.1 Å². The number of aromatic nitrogens is 2. The maximum Gasteiger partial charge on any atom is 0.332 e. The molecule has 1 heterocycles. The minimum Gasteiger partial charge on any atom is -0.348 e. The summed E-state index contributed by atoms with van der Waals surface area (Å²) in [7, 11) is 0. The Hall–Kier alpha value is -4.40. The monoisotopic (exact) mass is 463 g/mol. The molecule has 1 aromatic heterocycles. The lowest BCUT2D eigenvalue weighted by Gasteiger charge is -2.23. The van der Waals surface area contributed by atoms with Crippen molar-refractivity contribution in [2.24, 2.45) is 0 Å². The fourth-order valence-corrected chi connectivity index (χ4v) is 3.31. The van der Waals surface area contributed by atoms with E-state index in [0.29, 0.717) is 0 Å². The van der Waals surface area contributed by atoms with Gasteiger partial charge in [0.1, 0.15) is 29.0 Å². The van der Waals surface area contributed by atoms with Gasteiger partial charge in [-0.25, -0.2) is 27.8 Å². The summed E-state index contributed by atoms with van der Waals surface area (Å²) in [5.41, 5.74) is 0.173. The van der Waals surface area contributed by atoms with E-state index in [9.17, 15) is 18.0 Å². The number of hydrogen-bond donors (Lipinski definition) is 2. The Bertz CT molecular complexity index is 1280. The van der Waals surface area contributed by atoms with Gasteiger partial charge in [0.15, 0.2) is 0 Å². The van der Waals surface area contributed by atoms with E-state index in [0.717, 1.165) is 28.7 Å². The predicted octanol–water partition coefficient (Wildman–Crippen LogP) is 6.44. The van der Waals surface area contributed by atoms with Crippen molar-refractivity contribution in [3.05, 3.63) is 108 Å². The fraction of sp³-hybridized carbons (Fsp3) is 0.0800. The molecular formula is C25H20F3N5O. The maximum atomic E-state index is 14.7. The fourth-order valence-electron chi connectivity index (χ4n) is 3.31. The molecular weight excluding hydrogens is 443 g/mol. The van der Waals surface area contributed by atoms with Gasteiger partial charge in [0.05, 0.1) is 11.7 Å². The summed E-state index contributed by atoms with van der Waals surface area (Å²) < 4.78 is 43.0. The first-order chi connectivity index (χ1) is 16.4. The number of carbonyl (C=O) groups is 1. The first-order valence-electron chi connectivity index (χ1n) is 10.4. The molecule has 34 heavy (non-hydrogen) atoms. The molecule has 0 saturated carbocycles. The Morgan fingerprint density at radius 2 is 1.50 bits per heavy atom. The molecule has 2 amide bonds. The topological polar surface area (TPSA) is 70.2 Å². The lowest BCUT2D eigenvalue weighted by atomic mass is 10.1. The molecule has 0 aliphatic rings. The summed E-state index contributed by atoms with van der Waals surface area (Å²) in [6.45, 7) is 1.91. The average Bonchev–Trinajstić information content (AvgIpc) is 2.84.